The van der Waals surface area contributed by atoms with Gasteiger partial charge in [-0.2, -0.15) is 0 Å². The molecule has 1 aromatic carbocycles. The van der Waals surface area contributed by atoms with Gasteiger partial charge >= 0.3 is 5.97 Å². The summed E-state index contributed by atoms with van der Waals surface area (Å²) >= 11 is 0. The fourth-order valence-electron chi connectivity index (χ4n) is 3.24. The number of unbranched alkanes of at least 4 members (excludes halogenated alkanes) is 1. The molecule has 4 atom stereocenters. The van der Waals surface area contributed by atoms with Crippen molar-refractivity contribution in [2.75, 3.05) is 13.2 Å². The minimum Gasteiger partial charge on any atom is -0.508 e. The van der Waals surface area contributed by atoms with Gasteiger partial charge < -0.3 is 42.7 Å². The average Bonchev–Trinajstić information content (AvgIpc) is 2.81. The zero-order valence-corrected chi connectivity index (χ0v) is 20.1. The molecule has 0 saturated heterocycles. The van der Waals surface area contributed by atoms with E-state index in [9.17, 15) is 29.4 Å². The number of aliphatic hydroxyl groups excluding tert-OH is 1. The highest BCUT2D eigenvalue weighted by Gasteiger charge is 2.31. The van der Waals surface area contributed by atoms with Crippen LogP contribution >= 0.6 is 0 Å². The van der Waals surface area contributed by atoms with Gasteiger partial charge in [0, 0.05) is 6.42 Å². The van der Waals surface area contributed by atoms with Gasteiger partial charge in [0.25, 0.3) is 0 Å². The van der Waals surface area contributed by atoms with Crippen molar-refractivity contribution < 1.29 is 34.5 Å². The molecule has 0 aliphatic rings. The Bertz CT molecular complexity index is 847. The monoisotopic (exact) mass is 495 g/mol. The van der Waals surface area contributed by atoms with E-state index in [1.165, 1.54) is 12.1 Å². The third-order valence-corrected chi connectivity index (χ3v) is 5.35. The number of amides is 3. The molecule has 0 aliphatic carbocycles. The van der Waals surface area contributed by atoms with Crippen LogP contribution in [-0.4, -0.2) is 76.3 Å². The quantitative estimate of drug-likeness (QED) is 0.134. The molecule has 0 aliphatic heterocycles. The normalized spacial score (nSPS) is 14.5. The maximum absolute atomic E-state index is 13.1. The first kappa shape index (κ1) is 29.8. The molecule has 0 radical (unpaired) electrons. The maximum atomic E-state index is 13.1. The van der Waals surface area contributed by atoms with Crippen LogP contribution in [-0.2, 0) is 25.6 Å². The van der Waals surface area contributed by atoms with E-state index in [2.05, 4.69) is 16.0 Å². The first-order chi connectivity index (χ1) is 16.5. The Balaban J connectivity index is 3.13. The lowest BCUT2D eigenvalue weighted by Gasteiger charge is -2.26. The molecular formula is C23H37N5O7. The van der Waals surface area contributed by atoms with Crippen molar-refractivity contribution in [2.24, 2.45) is 17.4 Å². The van der Waals surface area contributed by atoms with Gasteiger partial charge in [0.15, 0.2) is 0 Å². The fourth-order valence-corrected chi connectivity index (χ4v) is 3.24. The predicted molar refractivity (Wildman–Crippen MR) is 128 cm³/mol. The fraction of sp³-hybridized carbons (Fsp3) is 0.565. The molecule has 0 saturated carbocycles. The van der Waals surface area contributed by atoms with Crippen LogP contribution in [0.25, 0.3) is 0 Å². The Morgan fingerprint density at radius 2 is 1.49 bits per heavy atom. The van der Waals surface area contributed by atoms with E-state index in [0.29, 0.717) is 24.9 Å². The van der Waals surface area contributed by atoms with E-state index >= 15 is 0 Å². The number of aliphatic carboxylic acids is 1. The molecule has 1 rings (SSSR count). The number of hydrogen-bond donors (Lipinski definition) is 8. The van der Waals surface area contributed by atoms with Gasteiger partial charge in [0.05, 0.1) is 6.61 Å². The minimum absolute atomic E-state index is 0.00189. The Morgan fingerprint density at radius 3 is 2.00 bits per heavy atom. The second-order valence-electron chi connectivity index (χ2n) is 8.63. The maximum Gasteiger partial charge on any atom is 0.326 e. The van der Waals surface area contributed by atoms with E-state index in [-0.39, 0.29) is 18.6 Å². The first-order valence-electron chi connectivity index (χ1n) is 11.5. The summed E-state index contributed by atoms with van der Waals surface area (Å²) in [7, 11) is 0. The third-order valence-electron chi connectivity index (χ3n) is 5.35. The van der Waals surface area contributed by atoms with Gasteiger partial charge in [-0.05, 0) is 49.4 Å². The second kappa shape index (κ2) is 14.9. The molecule has 10 N–H and O–H groups in total. The molecule has 0 spiro atoms. The number of phenolic OH excluding ortho intramolecular Hbond substituents is 1. The Morgan fingerprint density at radius 1 is 0.914 bits per heavy atom. The minimum atomic E-state index is -1.22. The van der Waals surface area contributed by atoms with Gasteiger partial charge in [-0.3, -0.25) is 14.4 Å². The van der Waals surface area contributed by atoms with Crippen LogP contribution in [0.4, 0.5) is 0 Å². The Kier molecular flexibility index (Phi) is 12.7. The SMILES string of the molecule is CC(C)C(NC(=O)C(Cc1ccc(O)cc1)NC(=O)C(CCCCN)NC(=O)C(N)CO)C(=O)O. The number of phenols is 1. The number of benzene rings is 1. The molecule has 4 unspecified atom stereocenters. The Hall–Kier alpha value is -3.22. The molecule has 35 heavy (non-hydrogen) atoms. The molecule has 3 amide bonds. The predicted octanol–water partition coefficient (Wildman–Crippen LogP) is -1.42. The molecule has 0 heterocycles. The van der Waals surface area contributed by atoms with Crippen molar-refractivity contribution in [3.8, 4) is 5.75 Å². The number of hydrogen-bond acceptors (Lipinski definition) is 8. The third kappa shape index (κ3) is 10.3. The molecular weight excluding hydrogens is 458 g/mol. The van der Waals surface area contributed by atoms with Crippen molar-refractivity contribution in [1.82, 2.24) is 16.0 Å². The van der Waals surface area contributed by atoms with Crippen molar-refractivity contribution in [1.29, 1.82) is 0 Å². The highest BCUT2D eigenvalue weighted by molar-refractivity contribution is 5.94. The number of aliphatic hydroxyl groups is 1. The highest BCUT2D eigenvalue weighted by atomic mass is 16.4. The number of rotatable bonds is 15. The topological polar surface area (TPSA) is 217 Å². The lowest BCUT2D eigenvalue weighted by molar-refractivity contribution is -0.143. The van der Waals surface area contributed by atoms with Gasteiger partial charge in [0.1, 0.15) is 29.9 Å². The molecule has 196 valence electrons. The van der Waals surface area contributed by atoms with Crippen molar-refractivity contribution in [2.45, 2.75) is 63.7 Å². The summed E-state index contributed by atoms with van der Waals surface area (Å²) < 4.78 is 0. The molecule has 0 bridgehead atoms. The summed E-state index contributed by atoms with van der Waals surface area (Å²) in [5.41, 5.74) is 11.7. The molecule has 0 aromatic heterocycles. The first-order valence-corrected chi connectivity index (χ1v) is 11.5. The molecule has 12 heteroatoms. The standard InChI is InChI=1S/C23H37N5O7/c1-13(2)19(23(34)35)28-22(33)18(11-14-6-8-15(30)9-7-14)27-21(32)17(5-3-4-10-24)26-20(31)16(25)12-29/h6-9,13,16-19,29-30H,3-5,10-12,24-25H2,1-2H3,(H,26,31)(H,27,32)(H,28,33)(H,34,35). The van der Waals surface area contributed by atoms with E-state index in [4.69, 9.17) is 16.6 Å². The molecule has 12 nitrogen and oxygen atoms in total. The van der Waals surface area contributed by atoms with Crippen LogP contribution < -0.4 is 27.4 Å². The van der Waals surface area contributed by atoms with E-state index in [1.54, 1.807) is 26.0 Å². The average molecular weight is 496 g/mol. The van der Waals surface area contributed by atoms with Crippen LogP contribution in [0.1, 0.15) is 38.7 Å². The summed E-state index contributed by atoms with van der Waals surface area (Å²) in [5, 5.41) is 35.6. The van der Waals surface area contributed by atoms with Gasteiger partial charge in [-0.1, -0.05) is 26.0 Å². The highest BCUT2D eigenvalue weighted by Crippen LogP contribution is 2.13. The number of carbonyl (C=O) groups is 4. The van der Waals surface area contributed by atoms with Crippen molar-refractivity contribution in [3.63, 3.8) is 0 Å². The number of carboxylic acids is 1. The number of nitrogens with one attached hydrogen (secondary N) is 3. The summed E-state index contributed by atoms with van der Waals surface area (Å²) in [5.74, 6) is -3.72. The van der Waals surface area contributed by atoms with Crippen LogP contribution in [0, 0.1) is 5.92 Å². The van der Waals surface area contributed by atoms with E-state index < -0.39 is 60.4 Å². The summed E-state index contributed by atoms with van der Waals surface area (Å²) in [6.07, 6.45) is 1.32. The lowest BCUT2D eigenvalue weighted by Crippen LogP contribution is -2.58. The van der Waals surface area contributed by atoms with Crippen molar-refractivity contribution >= 4 is 23.7 Å². The van der Waals surface area contributed by atoms with Crippen molar-refractivity contribution in [3.05, 3.63) is 29.8 Å². The smallest absolute Gasteiger partial charge is 0.326 e. The summed E-state index contributed by atoms with van der Waals surface area (Å²) in [4.78, 5) is 49.9. The number of carbonyl (C=O) groups excluding carboxylic acids is 3. The van der Waals surface area contributed by atoms with E-state index in [1.807, 2.05) is 0 Å². The number of aromatic hydroxyl groups is 1. The van der Waals surface area contributed by atoms with Gasteiger partial charge in [0.2, 0.25) is 17.7 Å². The van der Waals surface area contributed by atoms with Gasteiger partial charge in [-0.25, -0.2) is 4.79 Å². The molecule has 0 fully saturated rings. The van der Waals surface area contributed by atoms with Crippen LogP contribution in [0.3, 0.4) is 0 Å². The Labute approximate surface area is 204 Å². The van der Waals surface area contributed by atoms with Crippen LogP contribution in [0.5, 0.6) is 5.75 Å². The summed E-state index contributed by atoms with van der Waals surface area (Å²) in [6.45, 7) is 3.05. The lowest BCUT2D eigenvalue weighted by atomic mass is 10.0. The molecule has 1 aromatic rings. The number of carboxylic acid groups (broad SMARTS) is 1. The second-order valence-corrected chi connectivity index (χ2v) is 8.63. The zero-order chi connectivity index (χ0) is 26.5. The van der Waals surface area contributed by atoms with Gasteiger partial charge in [-0.15, -0.1) is 0 Å². The van der Waals surface area contributed by atoms with E-state index in [0.717, 1.165) is 0 Å². The summed E-state index contributed by atoms with van der Waals surface area (Å²) in [6, 6.07) is 1.36. The van der Waals surface area contributed by atoms with Crippen LogP contribution in [0.15, 0.2) is 24.3 Å². The largest absolute Gasteiger partial charge is 0.508 e. The number of nitrogens with two attached hydrogens (primary N) is 2. The van der Waals surface area contributed by atoms with Crippen LogP contribution in [0.2, 0.25) is 0 Å². The zero-order valence-electron chi connectivity index (χ0n) is 20.1.